The molecule has 0 aliphatic carbocycles. The van der Waals surface area contributed by atoms with Crippen molar-refractivity contribution in [3.63, 3.8) is 0 Å². The van der Waals surface area contributed by atoms with Crippen molar-refractivity contribution in [2.24, 2.45) is 0 Å². The van der Waals surface area contributed by atoms with Crippen molar-refractivity contribution in [3.8, 4) is 0 Å². The lowest BCUT2D eigenvalue weighted by molar-refractivity contribution is 0.652. The third-order valence-corrected chi connectivity index (χ3v) is 1.73. The molecule has 1 unspecified atom stereocenters. The van der Waals surface area contributed by atoms with Gasteiger partial charge in [0.05, 0.1) is 0 Å². The van der Waals surface area contributed by atoms with Crippen molar-refractivity contribution in [2.45, 2.75) is 13.0 Å². The van der Waals surface area contributed by atoms with Crippen LogP contribution in [0.15, 0.2) is 30.3 Å². The van der Waals surface area contributed by atoms with E-state index in [9.17, 15) is 0 Å². The molecule has 0 aliphatic rings. The molecule has 0 heterocycles. The molecule has 1 atom stereocenters. The average Bonchev–Trinajstić information content (AvgIpc) is 2.05. The zero-order valence-corrected chi connectivity index (χ0v) is 6.46. The highest BCUT2D eigenvalue weighted by atomic mass is 14.8. The summed E-state index contributed by atoms with van der Waals surface area (Å²) < 4.78 is 0. The molecule has 0 spiro atoms. The maximum Gasteiger partial charge on any atom is 0.0289 e. The Balaban J connectivity index is 2.75. The number of rotatable bonds is 2. The van der Waals surface area contributed by atoms with E-state index in [4.69, 9.17) is 0 Å². The normalized spacial score (nSPS) is 13.0. The number of hydrogen-bond donors (Lipinski definition) is 1. The van der Waals surface area contributed by atoms with Gasteiger partial charge >= 0.3 is 0 Å². The largest absolute Gasteiger partial charge is 0.313 e. The molecule has 0 radical (unpaired) electrons. The zero-order valence-electron chi connectivity index (χ0n) is 6.46. The summed E-state index contributed by atoms with van der Waals surface area (Å²) in [5.74, 6) is 0. The predicted molar refractivity (Wildman–Crippen MR) is 43.9 cm³/mol. The van der Waals surface area contributed by atoms with Gasteiger partial charge in [-0.15, -0.1) is 0 Å². The Kier molecular flexibility index (Phi) is 2.46. The summed E-state index contributed by atoms with van der Waals surface area (Å²) in [7, 11) is 1.97. The molecule has 10 heavy (non-hydrogen) atoms. The SMILES string of the molecule is CNC(C)c1ccccc1. The number of nitrogens with one attached hydrogen (secondary N) is 1. The van der Waals surface area contributed by atoms with Gasteiger partial charge in [-0.3, -0.25) is 0 Å². The van der Waals surface area contributed by atoms with Crippen molar-refractivity contribution in [1.82, 2.24) is 5.32 Å². The third-order valence-electron chi connectivity index (χ3n) is 1.73. The van der Waals surface area contributed by atoms with E-state index in [0.717, 1.165) is 0 Å². The average molecular weight is 135 g/mol. The molecule has 0 fully saturated rings. The third kappa shape index (κ3) is 1.58. The van der Waals surface area contributed by atoms with Crippen molar-refractivity contribution >= 4 is 0 Å². The molecule has 54 valence electrons. The standard InChI is InChI=1S/C9H13N/c1-8(10-2)9-6-4-3-5-7-9/h3-8,10H,1-2H3. The monoisotopic (exact) mass is 135 g/mol. The Hall–Kier alpha value is -0.820. The molecule has 1 heteroatoms. The first-order valence-corrected chi connectivity index (χ1v) is 3.57. The number of hydrogen-bond acceptors (Lipinski definition) is 1. The quantitative estimate of drug-likeness (QED) is 0.653. The van der Waals surface area contributed by atoms with Crippen LogP contribution in [0.3, 0.4) is 0 Å². The van der Waals surface area contributed by atoms with Crippen LogP contribution in [0.1, 0.15) is 18.5 Å². The van der Waals surface area contributed by atoms with Gasteiger partial charge in [0, 0.05) is 6.04 Å². The second-order valence-electron chi connectivity index (χ2n) is 2.42. The molecular formula is C9H13N. The molecule has 1 aromatic rings. The lowest BCUT2D eigenvalue weighted by Gasteiger charge is -2.08. The van der Waals surface area contributed by atoms with E-state index >= 15 is 0 Å². The first-order chi connectivity index (χ1) is 4.84. The van der Waals surface area contributed by atoms with Gasteiger partial charge in [-0.25, -0.2) is 0 Å². The molecule has 1 N–H and O–H groups in total. The first-order valence-electron chi connectivity index (χ1n) is 3.57. The van der Waals surface area contributed by atoms with E-state index in [1.165, 1.54) is 5.56 Å². The van der Waals surface area contributed by atoms with Gasteiger partial charge in [0.25, 0.3) is 0 Å². The molecule has 1 nitrogen and oxygen atoms in total. The van der Waals surface area contributed by atoms with Crippen molar-refractivity contribution in [2.75, 3.05) is 7.05 Å². The van der Waals surface area contributed by atoms with Crippen LogP contribution in [0.2, 0.25) is 0 Å². The van der Waals surface area contributed by atoms with Crippen LogP contribution in [0.4, 0.5) is 0 Å². The molecular weight excluding hydrogens is 122 g/mol. The Morgan fingerprint density at radius 3 is 2.30 bits per heavy atom. The maximum atomic E-state index is 3.18. The smallest absolute Gasteiger partial charge is 0.0289 e. The lowest BCUT2D eigenvalue weighted by Crippen LogP contribution is -2.11. The van der Waals surface area contributed by atoms with Crippen LogP contribution in [-0.2, 0) is 0 Å². The predicted octanol–water partition coefficient (Wildman–Crippen LogP) is 1.97. The summed E-state index contributed by atoms with van der Waals surface area (Å²) in [6.07, 6.45) is 0. The van der Waals surface area contributed by atoms with Crippen LogP contribution >= 0.6 is 0 Å². The summed E-state index contributed by atoms with van der Waals surface area (Å²) in [5, 5.41) is 3.18. The number of benzene rings is 1. The Labute approximate surface area is 62.1 Å². The van der Waals surface area contributed by atoms with Gasteiger partial charge in [-0.1, -0.05) is 30.3 Å². The highest BCUT2D eigenvalue weighted by Crippen LogP contribution is 2.09. The molecule has 0 saturated carbocycles. The summed E-state index contributed by atoms with van der Waals surface area (Å²) in [5.41, 5.74) is 1.34. The summed E-state index contributed by atoms with van der Waals surface area (Å²) in [6, 6.07) is 10.9. The highest BCUT2D eigenvalue weighted by molar-refractivity contribution is 5.17. The van der Waals surface area contributed by atoms with E-state index in [1.54, 1.807) is 0 Å². The van der Waals surface area contributed by atoms with Gasteiger partial charge in [0.15, 0.2) is 0 Å². The van der Waals surface area contributed by atoms with Crippen molar-refractivity contribution in [1.29, 1.82) is 0 Å². The fourth-order valence-electron chi connectivity index (χ4n) is 0.908. The fourth-order valence-corrected chi connectivity index (χ4v) is 0.908. The Bertz CT molecular complexity index is 181. The van der Waals surface area contributed by atoms with Gasteiger partial charge in [-0.05, 0) is 19.5 Å². The molecule has 0 aliphatic heterocycles. The van der Waals surface area contributed by atoms with Crippen LogP contribution in [0.25, 0.3) is 0 Å². The lowest BCUT2D eigenvalue weighted by atomic mass is 10.1. The topological polar surface area (TPSA) is 12.0 Å². The van der Waals surface area contributed by atoms with Gasteiger partial charge in [0.2, 0.25) is 0 Å². The zero-order chi connectivity index (χ0) is 7.40. The highest BCUT2D eigenvalue weighted by Gasteiger charge is 1.97. The van der Waals surface area contributed by atoms with Gasteiger partial charge < -0.3 is 5.32 Å². The first kappa shape index (κ1) is 7.29. The Morgan fingerprint density at radius 1 is 1.20 bits per heavy atom. The Morgan fingerprint density at radius 2 is 1.80 bits per heavy atom. The summed E-state index contributed by atoms with van der Waals surface area (Å²) >= 11 is 0. The van der Waals surface area contributed by atoms with E-state index < -0.39 is 0 Å². The van der Waals surface area contributed by atoms with Gasteiger partial charge in [0.1, 0.15) is 0 Å². The minimum atomic E-state index is 0.459. The molecule has 0 aromatic heterocycles. The van der Waals surface area contributed by atoms with Crippen LogP contribution in [-0.4, -0.2) is 7.05 Å². The van der Waals surface area contributed by atoms with E-state index in [2.05, 4.69) is 36.5 Å². The van der Waals surface area contributed by atoms with Crippen LogP contribution in [0, 0.1) is 0 Å². The van der Waals surface area contributed by atoms with E-state index in [-0.39, 0.29) is 0 Å². The minimum Gasteiger partial charge on any atom is -0.313 e. The van der Waals surface area contributed by atoms with E-state index in [0.29, 0.717) is 6.04 Å². The molecule has 0 bridgehead atoms. The van der Waals surface area contributed by atoms with Crippen molar-refractivity contribution < 1.29 is 0 Å². The van der Waals surface area contributed by atoms with Crippen molar-refractivity contribution in [3.05, 3.63) is 35.9 Å². The minimum absolute atomic E-state index is 0.459. The van der Waals surface area contributed by atoms with Gasteiger partial charge in [-0.2, -0.15) is 0 Å². The molecule has 0 amide bonds. The fraction of sp³-hybridized carbons (Fsp3) is 0.333. The van der Waals surface area contributed by atoms with Crippen LogP contribution in [0.5, 0.6) is 0 Å². The van der Waals surface area contributed by atoms with E-state index in [1.807, 2.05) is 13.1 Å². The summed E-state index contributed by atoms with van der Waals surface area (Å²) in [6.45, 7) is 2.15. The molecule has 1 rings (SSSR count). The second-order valence-corrected chi connectivity index (χ2v) is 2.42. The molecule has 0 saturated heterocycles. The second kappa shape index (κ2) is 3.37. The maximum absolute atomic E-state index is 3.18. The van der Waals surface area contributed by atoms with Crippen LogP contribution < -0.4 is 5.32 Å². The molecule has 1 aromatic carbocycles. The summed E-state index contributed by atoms with van der Waals surface area (Å²) in [4.78, 5) is 0.